The Hall–Kier alpha value is -0.630. The first-order chi connectivity index (χ1) is 7.45. The van der Waals surface area contributed by atoms with Gasteiger partial charge >= 0.3 is 0 Å². The molecule has 0 aliphatic heterocycles. The highest BCUT2D eigenvalue weighted by molar-refractivity contribution is 5.28. The van der Waals surface area contributed by atoms with Gasteiger partial charge in [-0.3, -0.25) is 4.90 Å². The summed E-state index contributed by atoms with van der Waals surface area (Å²) in [7, 11) is 0. The van der Waals surface area contributed by atoms with E-state index in [0.29, 0.717) is 0 Å². The van der Waals surface area contributed by atoms with Crippen LogP contribution in [0.1, 0.15) is 47.0 Å². The topological polar surface area (TPSA) is 3.24 Å². The second-order valence-corrected chi connectivity index (χ2v) is 5.36. The molecule has 92 valence electrons. The zero-order valence-corrected chi connectivity index (χ0v) is 11.0. The molecule has 2 heteroatoms. The summed E-state index contributed by atoms with van der Waals surface area (Å²) in [6.07, 6.45) is 6.43. The summed E-state index contributed by atoms with van der Waals surface area (Å²) in [5, 5.41) is 0. The van der Waals surface area contributed by atoms with E-state index in [2.05, 4.69) is 32.6 Å². The first-order valence-electron chi connectivity index (χ1n) is 6.25. The second-order valence-electron chi connectivity index (χ2n) is 5.36. The van der Waals surface area contributed by atoms with Crippen molar-refractivity contribution in [3.8, 4) is 0 Å². The van der Waals surface area contributed by atoms with Gasteiger partial charge < -0.3 is 0 Å². The van der Waals surface area contributed by atoms with Crippen molar-refractivity contribution in [2.45, 2.75) is 52.5 Å². The van der Waals surface area contributed by atoms with Crippen molar-refractivity contribution in [1.29, 1.82) is 0 Å². The van der Waals surface area contributed by atoms with E-state index in [9.17, 15) is 4.39 Å². The van der Waals surface area contributed by atoms with Gasteiger partial charge in [-0.2, -0.15) is 0 Å². The molecule has 0 aromatic rings. The van der Waals surface area contributed by atoms with Gasteiger partial charge in [0.1, 0.15) is 5.83 Å². The van der Waals surface area contributed by atoms with Gasteiger partial charge in [0.05, 0.1) is 0 Å². The molecule has 0 saturated carbocycles. The summed E-state index contributed by atoms with van der Waals surface area (Å²) in [4.78, 5) is 2.38. The maximum atomic E-state index is 13.5. The zero-order valence-electron chi connectivity index (χ0n) is 11.0. The van der Waals surface area contributed by atoms with E-state index in [1.54, 1.807) is 6.08 Å². The van der Waals surface area contributed by atoms with Gasteiger partial charge in [0.2, 0.25) is 0 Å². The molecule has 0 atom stereocenters. The fraction of sp³-hybridized carbons (Fsp3) is 0.714. The van der Waals surface area contributed by atoms with Crippen LogP contribution in [0.25, 0.3) is 0 Å². The molecule has 0 spiro atoms. The predicted octanol–water partition coefficient (Wildman–Crippen LogP) is 4.07. The lowest BCUT2D eigenvalue weighted by molar-refractivity contribution is 0.146. The minimum Gasteiger partial charge on any atom is -0.298 e. The van der Waals surface area contributed by atoms with Crippen molar-refractivity contribution in [2.24, 2.45) is 0 Å². The Bertz CT molecular complexity index is 284. The Labute approximate surface area is 99.0 Å². The molecule has 0 unspecified atom stereocenters. The van der Waals surface area contributed by atoms with Crippen LogP contribution >= 0.6 is 0 Å². The highest BCUT2D eigenvalue weighted by atomic mass is 19.1. The molecular formula is C14H24FN. The molecule has 0 bridgehead atoms. The molecule has 0 saturated heterocycles. The third-order valence-electron chi connectivity index (χ3n) is 3.17. The normalized spacial score (nSPS) is 17.4. The maximum Gasteiger partial charge on any atom is 0.122 e. The fourth-order valence-electron chi connectivity index (χ4n) is 2.14. The number of rotatable bonds is 4. The van der Waals surface area contributed by atoms with Gasteiger partial charge in [-0.05, 0) is 58.2 Å². The summed E-state index contributed by atoms with van der Waals surface area (Å²) in [6.45, 7) is 10.7. The van der Waals surface area contributed by atoms with Crippen LogP contribution in [0.3, 0.4) is 0 Å². The molecule has 0 fully saturated rings. The van der Waals surface area contributed by atoms with Gasteiger partial charge in [0.15, 0.2) is 0 Å². The molecule has 0 radical (unpaired) electrons. The standard InChI is InChI=1S/C14H24FN/c1-5-16(14(2,3)4)11-10-12-8-6-7-9-13(12)15/h8-9H,5-7,10-11H2,1-4H3. The summed E-state index contributed by atoms with van der Waals surface area (Å²) >= 11 is 0. The fourth-order valence-corrected chi connectivity index (χ4v) is 2.14. The third kappa shape index (κ3) is 3.75. The minimum absolute atomic E-state index is 0.00351. The van der Waals surface area contributed by atoms with Gasteiger partial charge in [-0.15, -0.1) is 0 Å². The number of halogens is 1. The molecule has 16 heavy (non-hydrogen) atoms. The zero-order chi connectivity index (χ0) is 12.2. The Kier molecular flexibility index (Phi) is 4.72. The van der Waals surface area contributed by atoms with E-state index < -0.39 is 0 Å². The molecule has 1 aliphatic carbocycles. The number of allylic oxidation sites excluding steroid dienone is 3. The molecule has 0 amide bonds. The predicted molar refractivity (Wildman–Crippen MR) is 68.1 cm³/mol. The van der Waals surface area contributed by atoms with Crippen LogP contribution in [0.15, 0.2) is 23.6 Å². The van der Waals surface area contributed by atoms with Gasteiger partial charge in [0.25, 0.3) is 0 Å². The second kappa shape index (κ2) is 5.62. The Balaban J connectivity index is 2.50. The van der Waals surface area contributed by atoms with E-state index in [1.165, 1.54) is 0 Å². The number of nitrogens with zero attached hydrogens (tertiary/aromatic N) is 1. The van der Waals surface area contributed by atoms with Gasteiger partial charge in [-0.1, -0.05) is 13.0 Å². The lowest BCUT2D eigenvalue weighted by Gasteiger charge is -2.35. The Morgan fingerprint density at radius 1 is 1.25 bits per heavy atom. The van der Waals surface area contributed by atoms with Crippen molar-refractivity contribution < 1.29 is 4.39 Å². The highest BCUT2D eigenvalue weighted by Crippen LogP contribution is 2.24. The Morgan fingerprint density at radius 3 is 2.38 bits per heavy atom. The van der Waals surface area contributed by atoms with Crippen LogP contribution in [-0.2, 0) is 0 Å². The molecule has 0 heterocycles. The van der Waals surface area contributed by atoms with Gasteiger partial charge in [-0.25, -0.2) is 4.39 Å². The molecule has 0 aromatic carbocycles. The van der Waals surface area contributed by atoms with Crippen LogP contribution in [0, 0.1) is 0 Å². The average molecular weight is 225 g/mol. The molecule has 1 nitrogen and oxygen atoms in total. The minimum atomic E-state index is -0.00351. The molecule has 1 rings (SSSR count). The maximum absolute atomic E-state index is 13.5. The van der Waals surface area contributed by atoms with Crippen LogP contribution < -0.4 is 0 Å². The van der Waals surface area contributed by atoms with Crippen LogP contribution in [0.2, 0.25) is 0 Å². The SMILES string of the molecule is CCN(CCC1=CCCC=C1F)C(C)(C)C. The van der Waals surface area contributed by atoms with E-state index in [0.717, 1.165) is 37.9 Å². The quantitative estimate of drug-likeness (QED) is 0.697. The van der Waals surface area contributed by atoms with Crippen LogP contribution in [-0.4, -0.2) is 23.5 Å². The van der Waals surface area contributed by atoms with Crippen molar-refractivity contribution in [3.63, 3.8) is 0 Å². The van der Waals surface area contributed by atoms with Gasteiger partial charge in [0, 0.05) is 12.1 Å². The first-order valence-corrected chi connectivity index (χ1v) is 6.25. The van der Waals surface area contributed by atoms with Crippen molar-refractivity contribution in [3.05, 3.63) is 23.6 Å². The lowest BCUT2D eigenvalue weighted by atomic mass is 10.0. The lowest BCUT2D eigenvalue weighted by Crippen LogP contribution is -2.41. The van der Waals surface area contributed by atoms with Crippen LogP contribution in [0.4, 0.5) is 4.39 Å². The molecular weight excluding hydrogens is 201 g/mol. The largest absolute Gasteiger partial charge is 0.298 e. The Morgan fingerprint density at radius 2 is 1.88 bits per heavy atom. The van der Waals surface area contributed by atoms with Crippen molar-refractivity contribution in [1.82, 2.24) is 4.90 Å². The van der Waals surface area contributed by atoms with E-state index in [1.807, 2.05) is 6.08 Å². The molecule has 0 N–H and O–H groups in total. The summed E-state index contributed by atoms with van der Waals surface area (Å²) in [5.74, 6) is -0.00351. The van der Waals surface area contributed by atoms with Crippen molar-refractivity contribution >= 4 is 0 Å². The van der Waals surface area contributed by atoms with E-state index in [4.69, 9.17) is 0 Å². The van der Waals surface area contributed by atoms with E-state index >= 15 is 0 Å². The number of hydrogen-bond acceptors (Lipinski definition) is 1. The first kappa shape index (κ1) is 13.4. The van der Waals surface area contributed by atoms with Crippen molar-refractivity contribution in [2.75, 3.05) is 13.1 Å². The molecule has 1 aliphatic rings. The third-order valence-corrected chi connectivity index (χ3v) is 3.17. The molecule has 0 aromatic heterocycles. The van der Waals surface area contributed by atoms with Crippen LogP contribution in [0.5, 0.6) is 0 Å². The average Bonchev–Trinajstić information content (AvgIpc) is 2.19. The van der Waals surface area contributed by atoms with E-state index in [-0.39, 0.29) is 11.4 Å². The smallest absolute Gasteiger partial charge is 0.122 e. The summed E-state index contributed by atoms with van der Waals surface area (Å²) in [6, 6.07) is 0. The summed E-state index contributed by atoms with van der Waals surface area (Å²) in [5.41, 5.74) is 1.07. The highest BCUT2D eigenvalue weighted by Gasteiger charge is 2.20. The number of hydrogen-bond donors (Lipinski definition) is 0. The monoisotopic (exact) mass is 225 g/mol. The summed E-state index contributed by atoms with van der Waals surface area (Å²) < 4.78 is 13.5.